The second-order valence-corrected chi connectivity index (χ2v) is 13.9. The van der Waals surface area contributed by atoms with Gasteiger partial charge in [0.05, 0.1) is 19.3 Å². The van der Waals surface area contributed by atoms with E-state index in [1.165, 1.54) is 6.92 Å². The maximum atomic E-state index is 12.8. The van der Waals surface area contributed by atoms with Crippen molar-refractivity contribution in [3.05, 3.63) is 12.7 Å². The highest BCUT2D eigenvalue weighted by Gasteiger charge is 2.43. The average molecular weight is 403 g/mol. The highest BCUT2D eigenvalue weighted by atomic mass is 28.4. The summed E-state index contributed by atoms with van der Waals surface area (Å²) in [6, 6.07) is 0. The summed E-state index contributed by atoms with van der Waals surface area (Å²) in [5.41, 5.74) is -0.642. The molecule has 0 N–H and O–H groups in total. The van der Waals surface area contributed by atoms with Crippen LogP contribution in [0.2, 0.25) is 18.1 Å². The second-order valence-electron chi connectivity index (χ2n) is 9.19. The summed E-state index contributed by atoms with van der Waals surface area (Å²) in [6.07, 6.45) is 0.969. The molecule has 27 heavy (non-hydrogen) atoms. The molecule has 0 aromatic heterocycles. The lowest BCUT2D eigenvalue weighted by molar-refractivity contribution is -0.169. The van der Waals surface area contributed by atoms with Crippen molar-refractivity contribution in [2.24, 2.45) is 5.92 Å². The molecule has 0 saturated heterocycles. The van der Waals surface area contributed by atoms with Crippen molar-refractivity contribution in [3.8, 4) is 0 Å². The topological polar surface area (TPSA) is 71.1 Å². The molecule has 0 aliphatic rings. The van der Waals surface area contributed by atoms with Gasteiger partial charge in [0.15, 0.2) is 8.32 Å². The van der Waals surface area contributed by atoms with Crippen molar-refractivity contribution in [2.75, 3.05) is 19.8 Å². The van der Waals surface area contributed by atoms with Crippen molar-refractivity contribution in [1.29, 1.82) is 0 Å². The van der Waals surface area contributed by atoms with Gasteiger partial charge in [0.1, 0.15) is 18.1 Å². The fourth-order valence-electron chi connectivity index (χ4n) is 1.97. The predicted molar refractivity (Wildman–Crippen MR) is 109 cm³/mol. The van der Waals surface area contributed by atoms with Crippen LogP contribution in [0.5, 0.6) is 0 Å². The van der Waals surface area contributed by atoms with Crippen molar-refractivity contribution in [2.45, 2.75) is 78.3 Å². The van der Waals surface area contributed by atoms with Gasteiger partial charge in [-0.25, -0.2) is 0 Å². The van der Waals surface area contributed by atoms with E-state index in [0.29, 0.717) is 6.61 Å². The molecule has 0 amide bonds. The van der Waals surface area contributed by atoms with E-state index >= 15 is 0 Å². The number of rotatable bonds is 10. The van der Waals surface area contributed by atoms with E-state index < -0.39 is 37.9 Å². The van der Waals surface area contributed by atoms with Gasteiger partial charge in [0.25, 0.3) is 0 Å². The van der Waals surface area contributed by atoms with E-state index in [2.05, 4.69) is 40.4 Å². The molecule has 0 saturated carbocycles. The zero-order valence-electron chi connectivity index (χ0n) is 18.5. The van der Waals surface area contributed by atoms with Gasteiger partial charge in [0.2, 0.25) is 0 Å². The largest absolute Gasteiger partial charge is 0.463 e. The first-order valence-corrected chi connectivity index (χ1v) is 12.2. The molecule has 2 atom stereocenters. The van der Waals surface area contributed by atoms with Gasteiger partial charge >= 0.3 is 11.9 Å². The Morgan fingerprint density at radius 2 is 1.63 bits per heavy atom. The molecule has 0 heterocycles. The molecule has 0 radical (unpaired) electrons. The van der Waals surface area contributed by atoms with Crippen molar-refractivity contribution in [3.63, 3.8) is 0 Å². The molecular formula is C20H38O6Si. The molecular weight excluding hydrogens is 364 g/mol. The molecule has 0 aromatic rings. The van der Waals surface area contributed by atoms with Crippen LogP contribution in [0.15, 0.2) is 12.7 Å². The molecule has 0 fully saturated rings. The zero-order valence-corrected chi connectivity index (χ0v) is 19.5. The number of ether oxygens (including phenoxy) is 3. The summed E-state index contributed by atoms with van der Waals surface area (Å²) >= 11 is 0. The minimum atomic E-state index is -2.23. The molecule has 6 nitrogen and oxygen atoms in total. The molecule has 158 valence electrons. The van der Waals surface area contributed by atoms with Gasteiger partial charge in [-0.15, -0.1) is 6.58 Å². The van der Waals surface area contributed by atoms with Gasteiger partial charge in [-0.3, -0.25) is 9.59 Å². The van der Waals surface area contributed by atoms with E-state index in [9.17, 15) is 9.59 Å². The molecule has 7 heteroatoms. The van der Waals surface area contributed by atoms with E-state index in [0.717, 1.165) is 0 Å². The average Bonchev–Trinajstić information content (AvgIpc) is 2.45. The number of esters is 2. The third kappa shape index (κ3) is 10.1. The first-order chi connectivity index (χ1) is 12.1. The fraction of sp³-hybridized carbons (Fsp3) is 0.800. The number of hydrogen-bond acceptors (Lipinski definition) is 6. The molecule has 0 aromatic carbocycles. The van der Waals surface area contributed by atoms with Crippen LogP contribution in [0.25, 0.3) is 0 Å². The van der Waals surface area contributed by atoms with Gasteiger partial charge < -0.3 is 18.6 Å². The monoisotopic (exact) mass is 402 g/mol. The van der Waals surface area contributed by atoms with E-state index in [4.69, 9.17) is 18.6 Å². The van der Waals surface area contributed by atoms with E-state index in [-0.39, 0.29) is 18.3 Å². The van der Waals surface area contributed by atoms with Crippen LogP contribution in [0.3, 0.4) is 0 Å². The van der Waals surface area contributed by atoms with Crippen molar-refractivity contribution >= 4 is 20.3 Å². The summed E-state index contributed by atoms with van der Waals surface area (Å²) < 4.78 is 22.8. The summed E-state index contributed by atoms with van der Waals surface area (Å²) in [7, 11) is -2.23. The lowest BCUT2D eigenvalue weighted by atomic mass is 10.0. The molecule has 0 bridgehead atoms. The highest BCUT2D eigenvalue weighted by molar-refractivity contribution is 6.74. The van der Waals surface area contributed by atoms with Crippen molar-refractivity contribution < 1.29 is 28.2 Å². The van der Waals surface area contributed by atoms with Gasteiger partial charge in [-0.2, -0.15) is 0 Å². The summed E-state index contributed by atoms with van der Waals surface area (Å²) in [5, 5.41) is -0.0675. The third-order valence-corrected chi connectivity index (χ3v) is 8.90. The quantitative estimate of drug-likeness (QED) is 0.237. The number of carbonyl (C=O) groups excluding carboxylic acids is 2. The van der Waals surface area contributed by atoms with Gasteiger partial charge in [0, 0.05) is 6.92 Å². The highest BCUT2D eigenvalue weighted by Crippen LogP contribution is 2.38. The minimum absolute atomic E-state index is 0.0246. The Morgan fingerprint density at radius 3 is 2.04 bits per heavy atom. The first-order valence-electron chi connectivity index (χ1n) is 9.33. The zero-order chi connectivity index (χ0) is 21.5. The summed E-state index contributed by atoms with van der Waals surface area (Å²) in [5.74, 6) is -1.56. The van der Waals surface area contributed by atoms with E-state index in [1.54, 1.807) is 6.08 Å². The van der Waals surface area contributed by atoms with Crippen LogP contribution < -0.4 is 0 Å². The van der Waals surface area contributed by atoms with Crippen LogP contribution in [-0.2, 0) is 28.2 Å². The van der Waals surface area contributed by atoms with Gasteiger partial charge in [-0.1, -0.05) is 26.8 Å². The van der Waals surface area contributed by atoms with Crippen LogP contribution in [0.1, 0.15) is 48.5 Å². The Kier molecular flexibility index (Phi) is 9.93. The standard InChI is InChI=1S/C20H38O6Si/c1-11-12-23-13-16(18(22)25-19(3,4)5)17(14-24-15(2)21)26-27(9,10)20(6,7)8/h11,16-17H,1,12-14H2,2-10H3/t16-,17-/m0/s1. The Morgan fingerprint density at radius 1 is 1.07 bits per heavy atom. The summed E-state index contributed by atoms with van der Waals surface area (Å²) in [4.78, 5) is 24.2. The molecule has 0 rings (SSSR count). The molecule has 0 aliphatic carbocycles. The normalized spacial score (nSPS) is 15.0. The lowest BCUT2D eigenvalue weighted by Gasteiger charge is -2.41. The first kappa shape index (κ1) is 25.8. The third-order valence-electron chi connectivity index (χ3n) is 4.39. The Labute approximate surface area is 165 Å². The van der Waals surface area contributed by atoms with Crippen LogP contribution >= 0.6 is 0 Å². The second kappa shape index (κ2) is 10.4. The SMILES string of the molecule is C=CCOC[C@H](C(=O)OC(C)(C)C)[C@H](COC(C)=O)O[Si](C)(C)C(C)(C)C. The van der Waals surface area contributed by atoms with Crippen LogP contribution in [-0.4, -0.2) is 51.8 Å². The van der Waals surface area contributed by atoms with Crippen LogP contribution in [0.4, 0.5) is 0 Å². The maximum absolute atomic E-state index is 12.8. The molecule has 0 unspecified atom stereocenters. The fourth-order valence-corrected chi connectivity index (χ4v) is 3.31. The summed E-state index contributed by atoms with van der Waals surface area (Å²) in [6.45, 7) is 21.3. The smallest absolute Gasteiger partial charge is 0.314 e. The molecule has 0 aliphatic heterocycles. The van der Waals surface area contributed by atoms with Gasteiger partial charge in [-0.05, 0) is 38.9 Å². The lowest BCUT2D eigenvalue weighted by Crippen LogP contribution is -2.50. The van der Waals surface area contributed by atoms with Crippen molar-refractivity contribution in [1.82, 2.24) is 0 Å². The number of carbonyl (C=O) groups is 2. The minimum Gasteiger partial charge on any atom is -0.463 e. The number of hydrogen-bond donors (Lipinski definition) is 0. The Balaban J connectivity index is 5.67. The molecule has 0 spiro atoms. The van der Waals surface area contributed by atoms with E-state index in [1.807, 2.05) is 20.8 Å². The Hall–Kier alpha value is -1.18. The Bertz CT molecular complexity index is 502. The predicted octanol–water partition coefficient (Wildman–Crippen LogP) is 4.10. The maximum Gasteiger partial charge on any atom is 0.314 e. The van der Waals surface area contributed by atoms with Crippen LogP contribution in [0, 0.1) is 5.92 Å².